The molecule has 0 aliphatic carbocycles. The molecule has 2 atom stereocenters. The predicted molar refractivity (Wildman–Crippen MR) is 45.7 cm³/mol. The summed E-state index contributed by atoms with van der Waals surface area (Å²) in [5.41, 5.74) is 5.11. The first-order chi connectivity index (χ1) is 5.20. The van der Waals surface area contributed by atoms with Crippen LogP contribution in [0.15, 0.2) is 0 Å². The molecule has 0 heterocycles. The van der Waals surface area contributed by atoms with E-state index >= 15 is 0 Å². The van der Waals surface area contributed by atoms with Crippen LogP contribution in [-0.2, 0) is 4.74 Å². The van der Waals surface area contributed by atoms with Crippen molar-refractivity contribution in [2.45, 2.75) is 12.2 Å². The molecule has 0 aromatic heterocycles. The Bertz CT molecular complexity index is 83.9. The lowest BCUT2D eigenvalue weighted by atomic mass is 10.4. The minimum absolute atomic E-state index is 0.168. The Morgan fingerprint density at radius 3 is 2.27 bits per heavy atom. The van der Waals surface area contributed by atoms with Crippen LogP contribution >= 0.6 is 12.6 Å². The molecule has 68 valence electrons. The molecule has 0 fully saturated rings. The molecule has 0 radical (unpaired) electrons. The van der Waals surface area contributed by atoms with Crippen LogP contribution in [0.4, 0.5) is 0 Å². The standard InChI is InChI=1S/C6H15NO3S/c7-1-5(8)2-10-3-6(9)4-11/h5-6,8-9,11H,1-4,7H2. The Labute approximate surface area is 71.8 Å². The monoisotopic (exact) mass is 181 g/mol. The SMILES string of the molecule is NCC(O)COCC(O)CS. The lowest BCUT2D eigenvalue weighted by molar-refractivity contribution is 0.00246. The van der Waals surface area contributed by atoms with E-state index in [9.17, 15) is 0 Å². The molecule has 0 bridgehead atoms. The largest absolute Gasteiger partial charge is 0.390 e. The molecule has 0 amide bonds. The molecular formula is C6H15NO3S. The summed E-state index contributed by atoms with van der Waals surface area (Å²) in [6.07, 6.45) is -1.20. The van der Waals surface area contributed by atoms with Crippen LogP contribution in [0.2, 0.25) is 0 Å². The van der Waals surface area contributed by atoms with Crippen molar-refractivity contribution in [3.8, 4) is 0 Å². The molecular weight excluding hydrogens is 166 g/mol. The number of rotatable bonds is 6. The van der Waals surface area contributed by atoms with E-state index < -0.39 is 12.2 Å². The molecule has 4 N–H and O–H groups in total. The smallest absolute Gasteiger partial charge is 0.0895 e. The van der Waals surface area contributed by atoms with E-state index in [2.05, 4.69) is 12.6 Å². The van der Waals surface area contributed by atoms with Crippen LogP contribution < -0.4 is 5.73 Å². The summed E-state index contributed by atoms with van der Waals surface area (Å²) in [6, 6.07) is 0. The first-order valence-corrected chi connectivity index (χ1v) is 4.08. The van der Waals surface area contributed by atoms with E-state index in [1.165, 1.54) is 0 Å². The summed E-state index contributed by atoms with van der Waals surface area (Å²) in [5.74, 6) is 0.360. The van der Waals surface area contributed by atoms with Crippen LogP contribution in [0.5, 0.6) is 0 Å². The van der Waals surface area contributed by atoms with Gasteiger partial charge in [0.05, 0.1) is 25.4 Å². The zero-order valence-corrected chi connectivity index (χ0v) is 7.20. The third kappa shape index (κ3) is 6.58. The van der Waals surface area contributed by atoms with Crippen molar-refractivity contribution >= 4 is 12.6 Å². The van der Waals surface area contributed by atoms with E-state index in [1.54, 1.807) is 0 Å². The average Bonchev–Trinajstić information content (AvgIpc) is 2.04. The number of hydrogen-bond acceptors (Lipinski definition) is 5. The first-order valence-electron chi connectivity index (χ1n) is 3.45. The molecule has 0 aromatic rings. The third-order valence-corrected chi connectivity index (χ3v) is 1.52. The molecule has 5 heteroatoms. The van der Waals surface area contributed by atoms with Gasteiger partial charge in [-0.2, -0.15) is 12.6 Å². The highest BCUT2D eigenvalue weighted by Crippen LogP contribution is 1.89. The minimum Gasteiger partial charge on any atom is -0.390 e. The molecule has 4 nitrogen and oxygen atoms in total. The molecule has 2 unspecified atom stereocenters. The van der Waals surface area contributed by atoms with Gasteiger partial charge in [-0.25, -0.2) is 0 Å². The molecule has 0 saturated heterocycles. The van der Waals surface area contributed by atoms with Crippen molar-refractivity contribution in [3.63, 3.8) is 0 Å². The van der Waals surface area contributed by atoms with Gasteiger partial charge in [0.25, 0.3) is 0 Å². The van der Waals surface area contributed by atoms with Crippen molar-refractivity contribution in [3.05, 3.63) is 0 Å². The maximum absolute atomic E-state index is 8.93. The summed E-state index contributed by atoms with van der Waals surface area (Å²) in [4.78, 5) is 0. The average molecular weight is 181 g/mol. The Morgan fingerprint density at radius 1 is 1.27 bits per heavy atom. The second-order valence-electron chi connectivity index (χ2n) is 2.26. The number of aliphatic hydroxyl groups excluding tert-OH is 2. The summed E-state index contributed by atoms with van der Waals surface area (Å²) in [6.45, 7) is 0.541. The Hall–Kier alpha value is 0.190. The molecule has 11 heavy (non-hydrogen) atoms. The van der Waals surface area contributed by atoms with Crippen molar-refractivity contribution in [2.24, 2.45) is 5.73 Å². The normalized spacial score (nSPS) is 16.4. The van der Waals surface area contributed by atoms with E-state index in [0.29, 0.717) is 5.75 Å². The maximum Gasteiger partial charge on any atom is 0.0895 e. The van der Waals surface area contributed by atoms with Crippen molar-refractivity contribution in [1.29, 1.82) is 0 Å². The van der Waals surface area contributed by atoms with Gasteiger partial charge in [0.1, 0.15) is 0 Å². The third-order valence-electron chi connectivity index (χ3n) is 1.10. The molecule has 0 spiro atoms. The van der Waals surface area contributed by atoms with Gasteiger partial charge in [-0.1, -0.05) is 0 Å². The number of nitrogens with two attached hydrogens (primary N) is 1. The number of thiol groups is 1. The van der Waals surface area contributed by atoms with E-state index in [0.717, 1.165) is 0 Å². The highest BCUT2D eigenvalue weighted by molar-refractivity contribution is 7.80. The highest BCUT2D eigenvalue weighted by Gasteiger charge is 2.04. The second-order valence-corrected chi connectivity index (χ2v) is 2.63. The summed E-state index contributed by atoms with van der Waals surface area (Å²) in [7, 11) is 0. The maximum atomic E-state index is 8.93. The number of aliphatic hydroxyl groups is 2. The number of ether oxygens (including phenoxy) is 1. The van der Waals surface area contributed by atoms with Gasteiger partial charge in [-0.05, 0) is 0 Å². The highest BCUT2D eigenvalue weighted by atomic mass is 32.1. The van der Waals surface area contributed by atoms with Gasteiger partial charge in [0, 0.05) is 12.3 Å². The van der Waals surface area contributed by atoms with Crippen molar-refractivity contribution < 1.29 is 14.9 Å². The minimum atomic E-state index is -0.637. The fourth-order valence-electron chi connectivity index (χ4n) is 0.461. The Morgan fingerprint density at radius 2 is 1.82 bits per heavy atom. The van der Waals surface area contributed by atoms with Gasteiger partial charge in [-0.3, -0.25) is 0 Å². The zero-order chi connectivity index (χ0) is 8.69. The van der Waals surface area contributed by atoms with Crippen LogP contribution in [-0.4, -0.2) is 47.9 Å². The lowest BCUT2D eigenvalue weighted by Crippen LogP contribution is -2.27. The first kappa shape index (κ1) is 11.2. The van der Waals surface area contributed by atoms with Crippen LogP contribution in [0.3, 0.4) is 0 Å². The van der Waals surface area contributed by atoms with Crippen LogP contribution in [0.25, 0.3) is 0 Å². The summed E-state index contributed by atoms with van der Waals surface area (Å²) >= 11 is 3.85. The quantitative estimate of drug-likeness (QED) is 0.381. The van der Waals surface area contributed by atoms with Crippen molar-refractivity contribution in [2.75, 3.05) is 25.5 Å². The molecule has 0 aromatic carbocycles. The van der Waals surface area contributed by atoms with Crippen LogP contribution in [0.1, 0.15) is 0 Å². The van der Waals surface area contributed by atoms with Gasteiger partial charge >= 0.3 is 0 Å². The van der Waals surface area contributed by atoms with Crippen molar-refractivity contribution in [1.82, 2.24) is 0 Å². The zero-order valence-electron chi connectivity index (χ0n) is 6.31. The fourth-order valence-corrected chi connectivity index (χ4v) is 0.566. The Balaban J connectivity index is 3.13. The van der Waals surface area contributed by atoms with E-state index in [-0.39, 0.29) is 19.8 Å². The van der Waals surface area contributed by atoms with Gasteiger partial charge in [0.2, 0.25) is 0 Å². The van der Waals surface area contributed by atoms with E-state index in [4.69, 9.17) is 20.7 Å². The molecule has 0 aliphatic rings. The Kier molecular flexibility index (Phi) is 6.99. The predicted octanol–water partition coefficient (Wildman–Crippen LogP) is -1.39. The summed E-state index contributed by atoms with van der Waals surface area (Å²) in [5, 5.41) is 17.8. The van der Waals surface area contributed by atoms with Gasteiger partial charge in [0.15, 0.2) is 0 Å². The van der Waals surface area contributed by atoms with Crippen LogP contribution in [0, 0.1) is 0 Å². The molecule has 0 saturated carbocycles. The molecule has 0 aliphatic heterocycles. The number of hydrogen-bond donors (Lipinski definition) is 4. The van der Waals surface area contributed by atoms with Gasteiger partial charge in [-0.15, -0.1) is 0 Å². The second kappa shape index (κ2) is 6.87. The van der Waals surface area contributed by atoms with E-state index in [1.807, 2.05) is 0 Å². The fraction of sp³-hybridized carbons (Fsp3) is 1.00. The van der Waals surface area contributed by atoms with Gasteiger partial charge < -0.3 is 20.7 Å². The topological polar surface area (TPSA) is 75.7 Å². The lowest BCUT2D eigenvalue weighted by Gasteiger charge is -2.10. The molecule has 0 rings (SSSR count). The summed E-state index contributed by atoms with van der Waals surface area (Å²) < 4.78 is 4.91.